The van der Waals surface area contributed by atoms with Gasteiger partial charge in [0.25, 0.3) is 0 Å². The van der Waals surface area contributed by atoms with E-state index >= 15 is 0 Å². The number of rotatable bonds is 4. The second-order valence-electron chi connectivity index (χ2n) is 6.36. The molecule has 1 N–H and O–H groups in total. The summed E-state index contributed by atoms with van der Waals surface area (Å²) >= 11 is 6.10. The fraction of sp³-hybridized carbons (Fsp3) is 0.444. The summed E-state index contributed by atoms with van der Waals surface area (Å²) in [4.78, 5) is 11.6. The Morgan fingerprint density at radius 2 is 2.12 bits per heavy atom. The number of hydrogen-bond donors (Lipinski definition) is 1. The molecule has 24 heavy (non-hydrogen) atoms. The number of nitrogens with zero attached hydrogens (tertiary/aromatic N) is 3. The molecule has 0 bridgehead atoms. The summed E-state index contributed by atoms with van der Waals surface area (Å²) in [6.07, 6.45) is 2.45. The van der Waals surface area contributed by atoms with Crippen LogP contribution in [0.4, 0.5) is 17.5 Å². The van der Waals surface area contributed by atoms with E-state index in [1.807, 2.05) is 25.1 Å². The van der Waals surface area contributed by atoms with E-state index < -0.39 is 0 Å². The van der Waals surface area contributed by atoms with Crippen molar-refractivity contribution in [2.45, 2.75) is 26.7 Å². The van der Waals surface area contributed by atoms with E-state index in [1.165, 1.54) is 12.8 Å². The summed E-state index contributed by atoms with van der Waals surface area (Å²) in [5.74, 6) is 2.93. The van der Waals surface area contributed by atoms with Crippen molar-refractivity contribution in [3.05, 3.63) is 35.0 Å². The molecule has 0 aliphatic carbocycles. The van der Waals surface area contributed by atoms with Gasteiger partial charge in [-0.1, -0.05) is 18.5 Å². The van der Waals surface area contributed by atoms with Crippen LogP contribution in [0.5, 0.6) is 5.75 Å². The molecule has 1 fully saturated rings. The highest BCUT2D eigenvalue weighted by atomic mass is 35.5. The highest BCUT2D eigenvalue weighted by Crippen LogP contribution is 2.31. The molecule has 6 heteroatoms. The van der Waals surface area contributed by atoms with Gasteiger partial charge in [-0.2, -0.15) is 4.98 Å². The molecule has 1 unspecified atom stereocenters. The number of ether oxygens (including phenoxy) is 1. The minimum absolute atomic E-state index is 0.647. The molecule has 1 aliphatic rings. The van der Waals surface area contributed by atoms with Crippen LogP contribution in [0.25, 0.3) is 0 Å². The summed E-state index contributed by atoms with van der Waals surface area (Å²) < 4.78 is 5.39. The molecule has 128 valence electrons. The molecule has 0 amide bonds. The zero-order valence-corrected chi connectivity index (χ0v) is 15.1. The minimum Gasteiger partial charge on any atom is -0.495 e. The lowest BCUT2D eigenvalue weighted by molar-refractivity contribution is 0.417. The Morgan fingerprint density at radius 1 is 1.29 bits per heavy atom. The van der Waals surface area contributed by atoms with E-state index in [9.17, 15) is 0 Å². The molecule has 2 aromatic rings. The Kier molecular flexibility index (Phi) is 5.09. The number of benzene rings is 1. The standard InChI is InChI=1S/C18H23ClN4O/c1-12-5-4-8-23(11-12)18-20-13(2)9-17(22-18)21-15-10-14(19)6-7-16(15)24-3/h6-7,9-10,12H,4-5,8,11H2,1-3H3,(H,20,21,22). The normalized spacial score (nSPS) is 17.7. The topological polar surface area (TPSA) is 50.3 Å². The molecule has 1 aromatic heterocycles. The number of aryl methyl sites for hydroxylation is 1. The smallest absolute Gasteiger partial charge is 0.227 e. The maximum atomic E-state index is 6.10. The van der Waals surface area contributed by atoms with Gasteiger partial charge >= 0.3 is 0 Å². The molecule has 0 saturated carbocycles. The van der Waals surface area contributed by atoms with E-state index in [1.54, 1.807) is 13.2 Å². The van der Waals surface area contributed by atoms with Crippen LogP contribution < -0.4 is 15.0 Å². The fourth-order valence-corrected chi connectivity index (χ4v) is 3.22. The Labute approximate surface area is 148 Å². The largest absolute Gasteiger partial charge is 0.495 e. The van der Waals surface area contributed by atoms with Gasteiger partial charge in [0.2, 0.25) is 5.95 Å². The Bertz CT molecular complexity index is 722. The quantitative estimate of drug-likeness (QED) is 0.887. The molecule has 1 atom stereocenters. The zero-order valence-electron chi connectivity index (χ0n) is 14.3. The van der Waals surface area contributed by atoms with E-state index in [2.05, 4.69) is 22.1 Å². The molecule has 5 nitrogen and oxygen atoms in total. The maximum Gasteiger partial charge on any atom is 0.227 e. The summed E-state index contributed by atoms with van der Waals surface area (Å²) in [6.45, 7) is 6.27. The van der Waals surface area contributed by atoms with Gasteiger partial charge in [-0.15, -0.1) is 0 Å². The number of hydrogen-bond acceptors (Lipinski definition) is 5. The number of anilines is 3. The summed E-state index contributed by atoms with van der Waals surface area (Å²) in [7, 11) is 1.64. The van der Waals surface area contributed by atoms with Crippen molar-refractivity contribution in [2.24, 2.45) is 5.92 Å². The monoisotopic (exact) mass is 346 g/mol. The van der Waals surface area contributed by atoms with Gasteiger partial charge < -0.3 is 15.0 Å². The molecular weight excluding hydrogens is 324 g/mol. The molecule has 3 rings (SSSR count). The first kappa shape index (κ1) is 16.8. The first-order chi connectivity index (χ1) is 11.5. The van der Waals surface area contributed by atoms with Gasteiger partial charge in [0.05, 0.1) is 12.8 Å². The SMILES string of the molecule is COc1ccc(Cl)cc1Nc1cc(C)nc(N2CCCC(C)C2)n1. The van der Waals surface area contributed by atoms with Gasteiger partial charge in [0, 0.05) is 29.9 Å². The third-order valence-corrected chi connectivity index (χ3v) is 4.44. The number of halogens is 1. The van der Waals surface area contributed by atoms with Gasteiger partial charge in [-0.25, -0.2) is 4.98 Å². The molecule has 0 spiro atoms. The van der Waals surface area contributed by atoms with Crippen LogP contribution in [-0.2, 0) is 0 Å². The molecule has 1 aliphatic heterocycles. The van der Waals surface area contributed by atoms with Crippen molar-refractivity contribution >= 4 is 29.1 Å². The van der Waals surface area contributed by atoms with Gasteiger partial charge in [-0.05, 0) is 43.9 Å². The van der Waals surface area contributed by atoms with Crippen LogP contribution in [0.3, 0.4) is 0 Å². The van der Waals surface area contributed by atoms with Crippen molar-refractivity contribution in [1.82, 2.24) is 9.97 Å². The van der Waals surface area contributed by atoms with Crippen molar-refractivity contribution in [3.8, 4) is 5.75 Å². The Balaban J connectivity index is 1.88. The second kappa shape index (κ2) is 7.26. The lowest BCUT2D eigenvalue weighted by Crippen LogP contribution is -2.35. The third-order valence-electron chi connectivity index (χ3n) is 4.21. The third kappa shape index (κ3) is 3.90. The van der Waals surface area contributed by atoms with E-state index in [-0.39, 0.29) is 0 Å². The maximum absolute atomic E-state index is 6.10. The molecule has 2 heterocycles. The first-order valence-electron chi connectivity index (χ1n) is 8.26. The van der Waals surface area contributed by atoms with Gasteiger partial charge in [0.15, 0.2) is 0 Å². The Hall–Kier alpha value is -2.01. The zero-order chi connectivity index (χ0) is 17.1. The summed E-state index contributed by atoms with van der Waals surface area (Å²) in [5, 5.41) is 3.96. The number of nitrogens with one attached hydrogen (secondary N) is 1. The predicted octanol–water partition coefficient (Wildman–Crippen LogP) is 4.43. The highest BCUT2D eigenvalue weighted by molar-refractivity contribution is 6.31. The van der Waals surface area contributed by atoms with Crippen LogP contribution in [0.2, 0.25) is 5.02 Å². The van der Waals surface area contributed by atoms with E-state index in [0.29, 0.717) is 10.9 Å². The molecule has 1 saturated heterocycles. The average Bonchev–Trinajstić information content (AvgIpc) is 2.54. The molecule has 1 aromatic carbocycles. The summed E-state index contributed by atoms with van der Waals surface area (Å²) in [5.41, 5.74) is 1.72. The Morgan fingerprint density at radius 3 is 2.88 bits per heavy atom. The fourth-order valence-electron chi connectivity index (χ4n) is 3.05. The second-order valence-corrected chi connectivity index (χ2v) is 6.79. The first-order valence-corrected chi connectivity index (χ1v) is 8.64. The summed E-state index contributed by atoms with van der Waals surface area (Å²) in [6, 6.07) is 7.40. The van der Waals surface area contributed by atoms with Crippen LogP contribution in [0.1, 0.15) is 25.5 Å². The van der Waals surface area contributed by atoms with Gasteiger partial charge in [0.1, 0.15) is 11.6 Å². The molecular formula is C18H23ClN4O. The van der Waals surface area contributed by atoms with Crippen molar-refractivity contribution < 1.29 is 4.74 Å². The lowest BCUT2D eigenvalue weighted by atomic mass is 10.0. The lowest BCUT2D eigenvalue weighted by Gasteiger charge is -2.31. The number of piperidine rings is 1. The van der Waals surface area contributed by atoms with Crippen molar-refractivity contribution in [3.63, 3.8) is 0 Å². The number of aromatic nitrogens is 2. The van der Waals surface area contributed by atoms with Crippen LogP contribution in [0.15, 0.2) is 24.3 Å². The van der Waals surface area contributed by atoms with Crippen LogP contribution in [0, 0.1) is 12.8 Å². The highest BCUT2D eigenvalue weighted by Gasteiger charge is 2.19. The average molecular weight is 347 g/mol. The van der Waals surface area contributed by atoms with E-state index in [0.717, 1.165) is 42.0 Å². The van der Waals surface area contributed by atoms with Crippen LogP contribution >= 0.6 is 11.6 Å². The minimum atomic E-state index is 0.647. The van der Waals surface area contributed by atoms with Crippen LogP contribution in [-0.4, -0.2) is 30.2 Å². The number of methoxy groups -OCH3 is 1. The van der Waals surface area contributed by atoms with Gasteiger partial charge in [-0.3, -0.25) is 0 Å². The van der Waals surface area contributed by atoms with E-state index in [4.69, 9.17) is 21.3 Å². The molecule has 0 radical (unpaired) electrons. The predicted molar refractivity (Wildman–Crippen MR) is 98.7 cm³/mol. The van der Waals surface area contributed by atoms with Crippen molar-refractivity contribution in [2.75, 3.05) is 30.4 Å². The van der Waals surface area contributed by atoms with Crippen molar-refractivity contribution in [1.29, 1.82) is 0 Å².